The first-order chi connectivity index (χ1) is 12.1. The number of hydrogen-bond donors (Lipinski definition) is 2. The summed E-state index contributed by atoms with van der Waals surface area (Å²) in [4.78, 5) is 40.2. The zero-order valence-electron chi connectivity index (χ0n) is 13.7. The Morgan fingerprint density at radius 2 is 2.08 bits per heavy atom. The van der Waals surface area contributed by atoms with Crippen LogP contribution in [0.5, 0.6) is 0 Å². The average molecular weight is 344 g/mol. The van der Waals surface area contributed by atoms with E-state index in [1.165, 1.54) is 10.9 Å². The van der Waals surface area contributed by atoms with Crippen LogP contribution >= 0.6 is 0 Å². The maximum Gasteiger partial charge on any atom is 0.261 e. The Labute approximate surface area is 144 Å². The van der Waals surface area contributed by atoms with Gasteiger partial charge in [0.2, 0.25) is 11.8 Å². The van der Waals surface area contributed by atoms with Crippen LogP contribution in [0.4, 0.5) is 0 Å². The molecule has 1 fully saturated rings. The highest BCUT2D eigenvalue weighted by Gasteiger charge is 2.16. The van der Waals surface area contributed by atoms with Gasteiger partial charge in [-0.25, -0.2) is 4.98 Å². The molecule has 1 aliphatic heterocycles. The summed E-state index contributed by atoms with van der Waals surface area (Å²) in [5, 5.41) is 5.67. The average Bonchev–Trinajstić information content (AvgIpc) is 3.14. The molecule has 0 aliphatic carbocycles. The van der Waals surface area contributed by atoms with Gasteiger partial charge in [0.1, 0.15) is 6.54 Å². The lowest BCUT2D eigenvalue weighted by molar-refractivity contribution is -0.126. The Balaban J connectivity index is 1.50. The quantitative estimate of drug-likeness (QED) is 0.756. The van der Waals surface area contributed by atoms with Crippen LogP contribution in [0, 0.1) is 0 Å². The Morgan fingerprint density at radius 3 is 2.88 bits per heavy atom. The van der Waals surface area contributed by atoms with Crippen LogP contribution in [-0.4, -0.2) is 47.2 Å². The number of aromatic nitrogens is 2. The van der Waals surface area contributed by atoms with Gasteiger partial charge in [-0.1, -0.05) is 12.1 Å². The highest BCUT2D eigenvalue weighted by molar-refractivity contribution is 5.84. The molecule has 3 rings (SSSR count). The molecule has 1 aliphatic rings. The third kappa shape index (κ3) is 4.42. The predicted octanol–water partition coefficient (Wildman–Crippen LogP) is -0.192. The summed E-state index contributed by atoms with van der Waals surface area (Å²) < 4.78 is 6.63. The van der Waals surface area contributed by atoms with Gasteiger partial charge in [0, 0.05) is 13.2 Å². The molecule has 1 saturated heterocycles. The zero-order valence-corrected chi connectivity index (χ0v) is 13.7. The Morgan fingerprint density at radius 1 is 1.24 bits per heavy atom. The van der Waals surface area contributed by atoms with Crippen molar-refractivity contribution < 1.29 is 14.3 Å². The molecule has 2 amide bonds. The summed E-state index contributed by atoms with van der Waals surface area (Å²) in [6.45, 7) is 0.853. The highest BCUT2D eigenvalue weighted by Crippen LogP contribution is 2.10. The van der Waals surface area contributed by atoms with E-state index >= 15 is 0 Å². The van der Waals surface area contributed by atoms with Crippen molar-refractivity contribution in [2.75, 3.05) is 19.7 Å². The fourth-order valence-corrected chi connectivity index (χ4v) is 2.70. The first-order valence-corrected chi connectivity index (χ1v) is 8.22. The Kier molecular flexibility index (Phi) is 5.39. The first-order valence-electron chi connectivity index (χ1n) is 8.22. The molecular formula is C17H20N4O4. The third-order valence-corrected chi connectivity index (χ3v) is 4.04. The normalized spacial score (nSPS) is 16.7. The van der Waals surface area contributed by atoms with Crippen LogP contribution < -0.4 is 16.2 Å². The summed E-state index contributed by atoms with van der Waals surface area (Å²) in [7, 11) is 0. The van der Waals surface area contributed by atoms with Crippen LogP contribution in [0.1, 0.15) is 12.8 Å². The van der Waals surface area contributed by atoms with Crippen molar-refractivity contribution in [3.05, 3.63) is 40.9 Å². The minimum atomic E-state index is -0.425. The second-order valence-electron chi connectivity index (χ2n) is 5.91. The molecule has 1 atom stereocenters. The summed E-state index contributed by atoms with van der Waals surface area (Å²) in [5.41, 5.74) is 0.293. The minimum Gasteiger partial charge on any atom is -0.376 e. The van der Waals surface area contributed by atoms with E-state index in [9.17, 15) is 14.4 Å². The van der Waals surface area contributed by atoms with E-state index < -0.39 is 5.91 Å². The highest BCUT2D eigenvalue weighted by atomic mass is 16.5. The number of carbonyl (C=O) groups excluding carboxylic acids is 2. The van der Waals surface area contributed by atoms with Crippen LogP contribution in [0.15, 0.2) is 35.4 Å². The number of benzene rings is 1. The molecule has 132 valence electrons. The molecule has 2 aromatic rings. The van der Waals surface area contributed by atoms with Crippen molar-refractivity contribution in [1.29, 1.82) is 0 Å². The number of para-hydroxylation sites is 1. The van der Waals surface area contributed by atoms with Crippen molar-refractivity contribution in [1.82, 2.24) is 20.2 Å². The van der Waals surface area contributed by atoms with Crippen LogP contribution in [0.3, 0.4) is 0 Å². The van der Waals surface area contributed by atoms with Crippen LogP contribution in [0.2, 0.25) is 0 Å². The van der Waals surface area contributed by atoms with Gasteiger partial charge in [0.15, 0.2) is 0 Å². The number of hydrogen-bond acceptors (Lipinski definition) is 5. The predicted molar refractivity (Wildman–Crippen MR) is 91.0 cm³/mol. The maximum atomic E-state index is 12.3. The van der Waals surface area contributed by atoms with Crippen molar-refractivity contribution in [2.24, 2.45) is 0 Å². The lowest BCUT2D eigenvalue weighted by atomic mass is 10.2. The Hall–Kier alpha value is -2.74. The number of carbonyl (C=O) groups is 2. The second kappa shape index (κ2) is 7.89. The van der Waals surface area contributed by atoms with E-state index in [0.29, 0.717) is 17.4 Å². The van der Waals surface area contributed by atoms with Crippen molar-refractivity contribution >= 4 is 22.7 Å². The van der Waals surface area contributed by atoms with Gasteiger partial charge >= 0.3 is 0 Å². The van der Waals surface area contributed by atoms with E-state index in [1.54, 1.807) is 24.3 Å². The summed E-state index contributed by atoms with van der Waals surface area (Å²) in [6, 6.07) is 6.94. The molecule has 1 aromatic carbocycles. The van der Waals surface area contributed by atoms with Gasteiger partial charge < -0.3 is 15.4 Å². The van der Waals surface area contributed by atoms with E-state index in [-0.39, 0.29) is 30.7 Å². The summed E-state index contributed by atoms with van der Waals surface area (Å²) >= 11 is 0. The van der Waals surface area contributed by atoms with E-state index in [2.05, 4.69) is 15.6 Å². The molecule has 0 spiro atoms. The van der Waals surface area contributed by atoms with Gasteiger partial charge in [0.05, 0.1) is 29.9 Å². The SMILES string of the molecule is O=C(CNC(=O)Cn1cnc2ccccc2c1=O)NCC1CCCO1. The molecule has 1 unspecified atom stereocenters. The lowest BCUT2D eigenvalue weighted by Gasteiger charge is -2.11. The molecule has 1 aromatic heterocycles. The van der Waals surface area contributed by atoms with E-state index in [0.717, 1.165) is 19.4 Å². The zero-order chi connectivity index (χ0) is 17.6. The molecule has 2 N–H and O–H groups in total. The second-order valence-corrected chi connectivity index (χ2v) is 5.91. The molecular weight excluding hydrogens is 324 g/mol. The fourth-order valence-electron chi connectivity index (χ4n) is 2.70. The van der Waals surface area contributed by atoms with Crippen molar-refractivity contribution in [3.63, 3.8) is 0 Å². The number of ether oxygens (including phenoxy) is 1. The van der Waals surface area contributed by atoms with Gasteiger partial charge in [-0.15, -0.1) is 0 Å². The Bertz CT molecular complexity index is 827. The number of rotatable bonds is 6. The fraction of sp³-hybridized carbons (Fsp3) is 0.412. The van der Waals surface area contributed by atoms with E-state index in [1.807, 2.05) is 0 Å². The molecule has 8 nitrogen and oxygen atoms in total. The number of nitrogens with zero attached hydrogens (tertiary/aromatic N) is 2. The van der Waals surface area contributed by atoms with Crippen LogP contribution in [-0.2, 0) is 20.9 Å². The maximum absolute atomic E-state index is 12.3. The van der Waals surface area contributed by atoms with Crippen molar-refractivity contribution in [3.8, 4) is 0 Å². The molecule has 8 heteroatoms. The third-order valence-electron chi connectivity index (χ3n) is 4.04. The number of fused-ring (bicyclic) bond motifs is 1. The number of amides is 2. The summed E-state index contributed by atoms with van der Waals surface area (Å²) in [6.07, 6.45) is 3.33. The van der Waals surface area contributed by atoms with Crippen LogP contribution in [0.25, 0.3) is 10.9 Å². The molecule has 0 radical (unpaired) electrons. The standard InChI is InChI=1S/C17H20N4O4/c22-15(18-8-12-4-3-7-25-12)9-19-16(23)10-21-11-20-14-6-2-1-5-13(14)17(21)24/h1-2,5-6,11-12H,3-4,7-10H2,(H,18,22)(H,19,23). The van der Waals surface area contributed by atoms with Gasteiger partial charge in [-0.3, -0.25) is 19.0 Å². The largest absolute Gasteiger partial charge is 0.376 e. The molecule has 0 saturated carbocycles. The molecule has 25 heavy (non-hydrogen) atoms. The first kappa shape index (κ1) is 17.1. The van der Waals surface area contributed by atoms with Gasteiger partial charge in [-0.05, 0) is 25.0 Å². The van der Waals surface area contributed by atoms with E-state index in [4.69, 9.17) is 4.74 Å². The van der Waals surface area contributed by atoms with Crippen molar-refractivity contribution in [2.45, 2.75) is 25.5 Å². The van der Waals surface area contributed by atoms with Gasteiger partial charge in [0.25, 0.3) is 5.56 Å². The molecule has 2 heterocycles. The lowest BCUT2D eigenvalue weighted by Crippen LogP contribution is -2.41. The monoisotopic (exact) mass is 344 g/mol. The smallest absolute Gasteiger partial charge is 0.261 e. The molecule has 0 bridgehead atoms. The topological polar surface area (TPSA) is 102 Å². The van der Waals surface area contributed by atoms with Gasteiger partial charge in [-0.2, -0.15) is 0 Å². The number of nitrogens with one attached hydrogen (secondary N) is 2. The summed E-state index contributed by atoms with van der Waals surface area (Å²) in [5.74, 6) is -0.709. The minimum absolute atomic E-state index is 0.0573.